The Bertz CT molecular complexity index is 631. The molecule has 3 rings (SSSR count). The zero-order valence-electron chi connectivity index (χ0n) is 12.7. The molecular formula is C17H21BrN2S. The molecule has 1 N–H and O–H groups in total. The number of hydrogen-bond acceptors (Lipinski definition) is 3. The van der Waals surface area contributed by atoms with E-state index < -0.39 is 0 Å². The Morgan fingerprint density at radius 3 is 2.67 bits per heavy atom. The van der Waals surface area contributed by atoms with Gasteiger partial charge in [0.25, 0.3) is 0 Å². The lowest BCUT2D eigenvalue weighted by Crippen LogP contribution is -2.24. The van der Waals surface area contributed by atoms with Crippen LogP contribution in [0.2, 0.25) is 0 Å². The molecule has 0 saturated heterocycles. The zero-order valence-corrected chi connectivity index (χ0v) is 15.1. The molecule has 1 aliphatic rings. The second-order valence-corrected chi connectivity index (χ2v) is 7.89. The summed E-state index contributed by atoms with van der Waals surface area (Å²) in [5, 5.41) is 7.13. The molecule has 1 atom stereocenters. The Morgan fingerprint density at radius 1 is 1.33 bits per heavy atom. The molecule has 112 valence electrons. The first-order valence-corrected chi connectivity index (χ1v) is 9.19. The highest BCUT2D eigenvalue weighted by Crippen LogP contribution is 2.33. The Labute approximate surface area is 139 Å². The van der Waals surface area contributed by atoms with Gasteiger partial charge in [0.1, 0.15) is 5.01 Å². The lowest BCUT2D eigenvalue weighted by molar-refractivity contribution is 0.595. The normalized spacial score (nSPS) is 16.4. The van der Waals surface area contributed by atoms with E-state index in [-0.39, 0.29) is 6.04 Å². The van der Waals surface area contributed by atoms with Gasteiger partial charge < -0.3 is 5.32 Å². The van der Waals surface area contributed by atoms with Crippen molar-refractivity contribution in [2.45, 2.75) is 51.6 Å². The van der Waals surface area contributed by atoms with E-state index in [0.717, 1.165) is 0 Å². The van der Waals surface area contributed by atoms with Gasteiger partial charge in [-0.3, -0.25) is 0 Å². The van der Waals surface area contributed by atoms with Crippen molar-refractivity contribution in [1.82, 2.24) is 10.3 Å². The first-order valence-electron chi connectivity index (χ1n) is 7.52. The molecule has 0 aliphatic heterocycles. The molecule has 1 heterocycles. The average Bonchev–Trinajstić information content (AvgIpc) is 3.13. The van der Waals surface area contributed by atoms with Crippen LogP contribution in [0.1, 0.15) is 60.5 Å². The van der Waals surface area contributed by atoms with Crippen LogP contribution in [-0.4, -0.2) is 11.0 Å². The number of aryl methyl sites for hydroxylation is 1. The summed E-state index contributed by atoms with van der Waals surface area (Å²) in [5.41, 5.74) is 3.76. The van der Waals surface area contributed by atoms with Gasteiger partial charge in [-0.2, -0.15) is 0 Å². The number of nitrogens with one attached hydrogen (secondary N) is 1. The van der Waals surface area contributed by atoms with Gasteiger partial charge in [0, 0.05) is 15.9 Å². The summed E-state index contributed by atoms with van der Waals surface area (Å²) in [7, 11) is 0. The number of rotatable bonds is 5. The second-order valence-electron chi connectivity index (χ2n) is 6.15. The van der Waals surface area contributed by atoms with Gasteiger partial charge >= 0.3 is 0 Å². The van der Waals surface area contributed by atoms with Crippen LogP contribution in [0.3, 0.4) is 0 Å². The standard InChI is InChI=1S/C17H21BrN2S/c1-10(2)15-9-21-17(20-15)16(19-13-6-7-13)12-5-4-11(3)14(18)8-12/h4-5,8-10,13,16,19H,6-7H2,1-3H3. The van der Waals surface area contributed by atoms with Crippen LogP contribution in [0.4, 0.5) is 0 Å². The fourth-order valence-corrected chi connectivity index (χ4v) is 3.74. The molecule has 2 aromatic rings. The van der Waals surface area contributed by atoms with Crippen molar-refractivity contribution in [2.75, 3.05) is 0 Å². The van der Waals surface area contributed by atoms with Gasteiger partial charge in [0.2, 0.25) is 0 Å². The predicted octanol–water partition coefficient (Wildman–Crippen LogP) is 5.18. The predicted molar refractivity (Wildman–Crippen MR) is 93.1 cm³/mol. The Kier molecular flexibility index (Phi) is 4.48. The Hall–Kier alpha value is -0.710. The average molecular weight is 365 g/mol. The SMILES string of the molecule is Cc1ccc(C(NC2CC2)c2nc(C(C)C)cs2)cc1Br. The molecule has 1 saturated carbocycles. The first-order chi connectivity index (χ1) is 10.0. The maximum Gasteiger partial charge on any atom is 0.114 e. The number of thiazole rings is 1. The zero-order chi connectivity index (χ0) is 15.0. The third-order valence-electron chi connectivity index (χ3n) is 3.89. The van der Waals surface area contributed by atoms with Gasteiger partial charge in [0.05, 0.1) is 11.7 Å². The third-order valence-corrected chi connectivity index (χ3v) is 5.67. The van der Waals surface area contributed by atoms with Crippen molar-refractivity contribution < 1.29 is 0 Å². The summed E-state index contributed by atoms with van der Waals surface area (Å²) in [5.74, 6) is 0.487. The van der Waals surface area contributed by atoms with Gasteiger partial charge in [-0.1, -0.05) is 41.9 Å². The maximum absolute atomic E-state index is 4.86. The Morgan fingerprint density at radius 2 is 2.10 bits per heavy atom. The van der Waals surface area contributed by atoms with Crippen LogP contribution in [0.25, 0.3) is 0 Å². The van der Waals surface area contributed by atoms with Crippen molar-refractivity contribution >= 4 is 27.3 Å². The van der Waals surface area contributed by atoms with Crippen molar-refractivity contribution in [3.8, 4) is 0 Å². The summed E-state index contributed by atoms with van der Waals surface area (Å²) < 4.78 is 1.17. The molecule has 1 unspecified atom stereocenters. The van der Waals surface area contributed by atoms with E-state index in [1.807, 2.05) is 0 Å². The molecule has 0 radical (unpaired) electrons. The first kappa shape index (κ1) is 15.2. The monoisotopic (exact) mass is 364 g/mol. The molecule has 2 nitrogen and oxygen atoms in total. The minimum atomic E-state index is 0.215. The van der Waals surface area contributed by atoms with Crippen LogP contribution < -0.4 is 5.32 Å². The van der Waals surface area contributed by atoms with Crippen LogP contribution in [0, 0.1) is 6.92 Å². The number of hydrogen-bond donors (Lipinski definition) is 1. The molecule has 21 heavy (non-hydrogen) atoms. The molecule has 1 fully saturated rings. The van der Waals surface area contributed by atoms with Gasteiger partial charge in [0.15, 0.2) is 0 Å². The van der Waals surface area contributed by atoms with Crippen molar-refractivity contribution in [3.63, 3.8) is 0 Å². The van der Waals surface area contributed by atoms with E-state index in [1.165, 1.54) is 39.1 Å². The van der Waals surface area contributed by atoms with Gasteiger partial charge in [-0.15, -0.1) is 11.3 Å². The number of aromatic nitrogens is 1. The molecular weight excluding hydrogens is 344 g/mol. The molecule has 1 aromatic heterocycles. The van der Waals surface area contributed by atoms with Crippen molar-refractivity contribution in [1.29, 1.82) is 0 Å². The van der Waals surface area contributed by atoms with E-state index in [0.29, 0.717) is 12.0 Å². The minimum absolute atomic E-state index is 0.215. The van der Waals surface area contributed by atoms with Gasteiger partial charge in [-0.25, -0.2) is 4.98 Å². The van der Waals surface area contributed by atoms with E-state index in [2.05, 4.69) is 65.6 Å². The topological polar surface area (TPSA) is 24.9 Å². The molecule has 1 aromatic carbocycles. The fourth-order valence-electron chi connectivity index (χ4n) is 2.28. The number of benzene rings is 1. The molecule has 0 bridgehead atoms. The number of halogens is 1. The van der Waals surface area contributed by atoms with E-state index in [1.54, 1.807) is 11.3 Å². The second kappa shape index (κ2) is 6.19. The summed E-state index contributed by atoms with van der Waals surface area (Å²) in [6.07, 6.45) is 2.57. The van der Waals surface area contributed by atoms with E-state index in [9.17, 15) is 0 Å². The largest absolute Gasteiger partial charge is 0.301 e. The molecule has 4 heteroatoms. The molecule has 0 spiro atoms. The lowest BCUT2D eigenvalue weighted by Gasteiger charge is -2.17. The van der Waals surface area contributed by atoms with Crippen LogP contribution in [0.15, 0.2) is 28.1 Å². The van der Waals surface area contributed by atoms with Crippen LogP contribution in [-0.2, 0) is 0 Å². The lowest BCUT2D eigenvalue weighted by atomic mass is 10.1. The van der Waals surface area contributed by atoms with E-state index in [4.69, 9.17) is 4.98 Å². The Balaban J connectivity index is 1.93. The summed E-state index contributed by atoms with van der Waals surface area (Å²) in [6, 6.07) is 7.49. The quantitative estimate of drug-likeness (QED) is 0.790. The minimum Gasteiger partial charge on any atom is -0.301 e. The summed E-state index contributed by atoms with van der Waals surface area (Å²) in [6.45, 7) is 6.52. The number of nitrogens with zero attached hydrogens (tertiary/aromatic N) is 1. The van der Waals surface area contributed by atoms with Gasteiger partial charge in [-0.05, 0) is 42.9 Å². The maximum atomic E-state index is 4.86. The highest BCUT2D eigenvalue weighted by Gasteiger charge is 2.28. The van der Waals surface area contributed by atoms with Crippen molar-refractivity contribution in [3.05, 3.63) is 49.9 Å². The smallest absolute Gasteiger partial charge is 0.114 e. The van der Waals surface area contributed by atoms with E-state index >= 15 is 0 Å². The fraction of sp³-hybridized carbons (Fsp3) is 0.471. The summed E-state index contributed by atoms with van der Waals surface area (Å²) in [4.78, 5) is 4.86. The third kappa shape index (κ3) is 3.55. The highest BCUT2D eigenvalue weighted by molar-refractivity contribution is 9.10. The summed E-state index contributed by atoms with van der Waals surface area (Å²) >= 11 is 5.42. The van der Waals surface area contributed by atoms with Crippen molar-refractivity contribution in [2.24, 2.45) is 0 Å². The highest BCUT2D eigenvalue weighted by atomic mass is 79.9. The molecule has 0 amide bonds. The van der Waals surface area contributed by atoms with Crippen LogP contribution >= 0.6 is 27.3 Å². The van der Waals surface area contributed by atoms with Crippen LogP contribution in [0.5, 0.6) is 0 Å². The molecule has 1 aliphatic carbocycles.